The molecule has 0 fully saturated rings. The third-order valence-corrected chi connectivity index (χ3v) is 4.37. The smallest absolute Gasteiger partial charge is 0.279 e. The van der Waals surface area contributed by atoms with Crippen molar-refractivity contribution in [3.05, 3.63) is 60.2 Å². The van der Waals surface area contributed by atoms with Gasteiger partial charge < -0.3 is 20.3 Å². The predicted octanol–water partition coefficient (Wildman–Crippen LogP) is 1.42. The SMILES string of the molecule is CC[NH+](CC(=O)Nc1ccc(OC)cc1)CC(=O)N[C@@H](C)c1ccccc1. The molecular weight excluding hydrogens is 342 g/mol. The highest BCUT2D eigenvalue weighted by atomic mass is 16.5. The maximum absolute atomic E-state index is 12.3. The average molecular weight is 370 g/mol. The molecule has 0 saturated heterocycles. The molecule has 144 valence electrons. The number of carbonyl (C=O) groups is 2. The van der Waals surface area contributed by atoms with Crippen molar-refractivity contribution in [2.75, 3.05) is 32.1 Å². The summed E-state index contributed by atoms with van der Waals surface area (Å²) in [5.41, 5.74) is 1.76. The third kappa shape index (κ3) is 6.75. The standard InChI is InChI=1S/C21H27N3O3/c1-4-24(14-20(25)22-16(2)17-8-6-5-7-9-17)15-21(26)23-18-10-12-19(27-3)13-11-18/h5-13,16H,4,14-15H2,1-3H3,(H,22,25)(H,23,26)/p+1/t16-/m0/s1. The zero-order chi connectivity index (χ0) is 19.6. The first kappa shape index (κ1) is 20.5. The van der Waals surface area contributed by atoms with Crippen molar-refractivity contribution in [1.29, 1.82) is 0 Å². The molecule has 0 radical (unpaired) electrons. The molecule has 2 aromatic rings. The number of anilines is 1. The van der Waals surface area contributed by atoms with Crippen molar-refractivity contribution < 1.29 is 19.2 Å². The highest BCUT2D eigenvalue weighted by Gasteiger charge is 2.18. The molecule has 0 spiro atoms. The van der Waals surface area contributed by atoms with E-state index < -0.39 is 0 Å². The van der Waals surface area contributed by atoms with Crippen LogP contribution in [0.15, 0.2) is 54.6 Å². The van der Waals surface area contributed by atoms with Crippen LogP contribution in [-0.4, -0.2) is 38.6 Å². The van der Waals surface area contributed by atoms with Crippen LogP contribution in [0.1, 0.15) is 25.5 Å². The number of nitrogens with one attached hydrogen (secondary N) is 3. The maximum atomic E-state index is 12.3. The van der Waals surface area contributed by atoms with E-state index in [-0.39, 0.29) is 30.9 Å². The van der Waals surface area contributed by atoms with Gasteiger partial charge in [0.05, 0.1) is 19.7 Å². The minimum Gasteiger partial charge on any atom is -0.497 e. The topological polar surface area (TPSA) is 71.9 Å². The van der Waals surface area contributed by atoms with Gasteiger partial charge >= 0.3 is 0 Å². The van der Waals surface area contributed by atoms with Crippen LogP contribution in [0.4, 0.5) is 5.69 Å². The summed E-state index contributed by atoms with van der Waals surface area (Å²) in [5.74, 6) is 0.541. The van der Waals surface area contributed by atoms with Crippen molar-refractivity contribution in [3.63, 3.8) is 0 Å². The number of hydrogen-bond acceptors (Lipinski definition) is 3. The number of amides is 2. The minimum atomic E-state index is -0.124. The minimum absolute atomic E-state index is 0.0649. The lowest BCUT2D eigenvalue weighted by molar-refractivity contribution is -0.881. The number of quaternary nitrogens is 1. The summed E-state index contributed by atoms with van der Waals surface area (Å²) < 4.78 is 5.10. The van der Waals surface area contributed by atoms with Gasteiger partial charge in [0.2, 0.25) is 0 Å². The Balaban J connectivity index is 1.82. The second-order valence-corrected chi connectivity index (χ2v) is 6.43. The summed E-state index contributed by atoms with van der Waals surface area (Å²) in [7, 11) is 1.60. The summed E-state index contributed by atoms with van der Waals surface area (Å²) in [5, 5.41) is 5.84. The van der Waals surface area contributed by atoms with E-state index in [0.29, 0.717) is 12.2 Å². The Hall–Kier alpha value is -2.86. The highest BCUT2D eigenvalue weighted by molar-refractivity contribution is 5.91. The molecule has 6 heteroatoms. The number of carbonyl (C=O) groups excluding carboxylic acids is 2. The molecule has 2 rings (SSSR count). The molecule has 2 aromatic carbocycles. The second-order valence-electron chi connectivity index (χ2n) is 6.43. The second kappa shape index (κ2) is 10.3. The summed E-state index contributed by atoms with van der Waals surface area (Å²) in [4.78, 5) is 25.5. The van der Waals surface area contributed by atoms with Crippen LogP contribution >= 0.6 is 0 Å². The monoisotopic (exact) mass is 370 g/mol. The number of rotatable bonds is 9. The molecule has 0 aliphatic rings. The van der Waals surface area contributed by atoms with E-state index in [1.54, 1.807) is 31.4 Å². The lowest BCUT2D eigenvalue weighted by Crippen LogP contribution is -3.14. The normalized spacial score (nSPS) is 12.7. The van der Waals surface area contributed by atoms with Crippen molar-refractivity contribution in [1.82, 2.24) is 5.32 Å². The van der Waals surface area contributed by atoms with Crippen LogP contribution < -0.4 is 20.3 Å². The van der Waals surface area contributed by atoms with E-state index in [1.807, 2.05) is 44.2 Å². The fraction of sp³-hybridized carbons (Fsp3) is 0.333. The molecule has 1 unspecified atom stereocenters. The summed E-state index contributed by atoms with van der Waals surface area (Å²) in [6, 6.07) is 16.9. The van der Waals surface area contributed by atoms with E-state index in [1.165, 1.54) is 0 Å². The van der Waals surface area contributed by atoms with Crippen molar-refractivity contribution >= 4 is 17.5 Å². The summed E-state index contributed by atoms with van der Waals surface area (Å²) in [6.07, 6.45) is 0. The molecule has 0 heterocycles. The average Bonchev–Trinajstić information content (AvgIpc) is 2.68. The molecule has 0 aromatic heterocycles. The van der Waals surface area contributed by atoms with Crippen LogP contribution in [0.3, 0.4) is 0 Å². The lowest BCUT2D eigenvalue weighted by atomic mass is 10.1. The van der Waals surface area contributed by atoms with Gasteiger partial charge in [-0.2, -0.15) is 0 Å². The predicted molar refractivity (Wildman–Crippen MR) is 106 cm³/mol. The molecule has 27 heavy (non-hydrogen) atoms. The molecule has 3 N–H and O–H groups in total. The van der Waals surface area contributed by atoms with E-state index in [0.717, 1.165) is 16.2 Å². The van der Waals surface area contributed by atoms with Gasteiger partial charge in [0, 0.05) is 5.69 Å². The number of ether oxygens (including phenoxy) is 1. The molecule has 2 atom stereocenters. The first-order chi connectivity index (χ1) is 13.0. The van der Waals surface area contributed by atoms with Gasteiger partial charge in [-0.15, -0.1) is 0 Å². The Kier molecular flexibility index (Phi) is 7.82. The molecular formula is C21H28N3O3+. The van der Waals surface area contributed by atoms with Gasteiger partial charge in [0.25, 0.3) is 11.8 Å². The quantitative estimate of drug-likeness (QED) is 0.625. The summed E-state index contributed by atoms with van der Waals surface area (Å²) in [6.45, 7) is 5.09. The molecule has 0 aliphatic carbocycles. The van der Waals surface area contributed by atoms with Gasteiger partial charge in [-0.05, 0) is 43.7 Å². The van der Waals surface area contributed by atoms with Gasteiger partial charge in [0.1, 0.15) is 5.75 Å². The Morgan fingerprint density at radius 2 is 1.63 bits per heavy atom. The molecule has 0 bridgehead atoms. The summed E-state index contributed by atoms with van der Waals surface area (Å²) >= 11 is 0. The van der Waals surface area contributed by atoms with E-state index >= 15 is 0 Å². The van der Waals surface area contributed by atoms with Crippen molar-refractivity contribution in [2.45, 2.75) is 19.9 Å². The Morgan fingerprint density at radius 1 is 1.00 bits per heavy atom. The number of benzene rings is 2. The largest absolute Gasteiger partial charge is 0.497 e. The van der Waals surface area contributed by atoms with E-state index in [2.05, 4.69) is 10.6 Å². The van der Waals surface area contributed by atoms with Crippen LogP contribution in [-0.2, 0) is 9.59 Å². The van der Waals surface area contributed by atoms with Gasteiger partial charge in [-0.1, -0.05) is 30.3 Å². The van der Waals surface area contributed by atoms with Crippen LogP contribution in [0.25, 0.3) is 0 Å². The van der Waals surface area contributed by atoms with Gasteiger partial charge in [-0.25, -0.2) is 0 Å². The fourth-order valence-electron chi connectivity index (χ4n) is 2.76. The number of methoxy groups -OCH3 is 1. The zero-order valence-electron chi connectivity index (χ0n) is 16.1. The Labute approximate surface area is 160 Å². The maximum Gasteiger partial charge on any atom is 0.279 e. The fourth-order valence-corrected chi connectivity index (χ4v) is 2.76. The van der Waals surface area contributed by atoms with Crippen LogP contribution in [0.5, 0.6) is 5.75 Å². The van der Waals surface area contributed by atoms with E-state index in [9.17, 15) is 9.59 Å². The van der Waals surface area contributed by atoms with Gasteiger partial charge in [-0.3, -0.25) is 9.59 Å². The lowest BCUT2D eigenvalue weighted by Gasteiger charge is -2.19. The molecule has 6 nitrogen and oxygen atoms in total. The Morgan fingerprint density at radius 3 is 2.22 bits per heavy atom. The molecule has 0 saturated carbocycles. The first-order valence-corrected chi connectivity index (χ1v) is 9.13. The number of likely N-dealkylation sites (N-methyl/N-ethyl adjacent to an activating group) is 1. The van der Waals surface area contributed by atoms with Crippen LogP contribution in [0, 0.1) is 0 Å². The van der Waals surface area contributed by atoms with E-state index in [4.69, 9.17) is 4.74 Å². The highest BCUT2D eigenvalue weighted by Crippen LogP contribution is 2.14. The third-order valence-electron chi connectivity index (χ3n) is 4.37. The molecule has 2 amide bonds. The zero-order valence-corrected chi connectivity index (χ0v) is 16.1. The number of hydrogen-bond donors (Lipinski definition) is 3. The van der Waals surface area contributed by atoms with Crippen LogP contribution in [0.2, 0.25) is 0 Å². The first-order valence-electron chi connectivity index (χ1n) is 9.13. The van der Waals surface area contributed by atoms with Crippen molar-refractivity contribution in [3.8, 4) is 5.75 Å². The van der Waals surface area contributed by atoms with Gasteiger partial charge in [0.15, 0.2) is 13.1 Å². The Bertz CT molecular complexity index is 732. The van der Waals surface area contributed by atoms with Crippen molar-refractivity contribution in [2.24, 2.45) is 0 Å². The molecule has 0 aliphatic heterocycles.